The number of nitrogens with zero attached hydrogens (tertiary/aromatic N) is 1. The Morgan fingerprint density at radius 2 is 1.95 bits per heavy atom. The van der Waals surface area contributed by atoms with Crippen molar-refractivity contribution in [3.05, 3.63) is 35.4 Å². The zero-order chi connectivity index (χ0) is 14.3. The third kappa shape index (κ3) is 5.46. The first-order chi connectivity index (χ1) is 9.02. The van der Waals surface area contributed by atoms with Gasteiger partial charge in [-0.3, -0.25) is 15.2 Å². The highest BCUT2D eigenvalue weighted by Gasteiger charge is 2.02. The van der Waals surface area contributed by atoms with Crippen molar-refractivity contribution in [3.63, 3.8) is 0 Å². The van der Waals surface area contributed by atoms with Crippen LogP contribution in [0.3, 0.4) is 0 Å². The van der Waals surface area contributed by atoms with Crippen LogP contribution in [0.25, 0.3) is 0 Å². The van der Waals surface area contributed by atoms with Crippen LogP contribution in [0.4, 0.5) is 0 Å². The number of nitrogens with one attached hydrogen (secondary N) is 1. The Balaban J connectivity index is 2.55. The van der Waals surface area contributed by atoms with Crippen molar-refractivity contribution in [2.24, 2.45) is 10.7 Å². The summed E-state index contributed by atoms with van der Waals surface area (Å²) in [6.45, 7) is 4.45. The maximum atomic E-state index is 11.5. The lowest BCUT2D eigenvalue weighted by Crippen LogP contribution is -2.10. The van der Waals surface area contributed by atoms with Crippen LogP contribution in [0.5, 0.6) is 0 Å². The summed E-state index contributed by atoms with van der Waals surface area (Å²) >= 11 is 0. The number of amidine groups is 1. The Morgan fingerprint density at radius 3 is 2.47 bits per heavy atom. The lowest BCUT2D eigenvalue weighted by molar-refractivity contribution is -0.117. The molecular formula is C15H21N3O. The van der Waals surface area contributed by atoms with Gasteiger partial charge in [-0.1, -0.05) is 31.2 Å². The molecule has 0 amide bonds. The standard InChI is InChI=1S/C15H21N3O/c1-3-4-14(19)9-11(2)18-10-12-5-7-13(8-6-12)15(16)17/h5-8H,3-4,9-10H2,1-2H3,(H3,16,17). The first-order valence-electron chi connectivity index (χ1n) is 6.48. The summed E-state index contributed by atoms with van der Waals surface area (Å²) in [7, 11) is 0. The number of aliphatic imine (C=N–C) groups is 1. The minimum atomic E-state index is 0.0661. The quantitative estimate of drug-likeness (QED) is 0.583. The second-order valence-electron chi connectivity index (χ2n) is 4.63. The molecule has 0 atom stereocenters. The second kappa shape index (κ2) is 7.46. The number of benzene rings is 1. The largest absolute Gasteiger partial charge is 0.384 e. The van der Waals surface area contributed by atoms with E-state index in [4.69, 9.17) is 11.1 Å². The lowest BCUT2D eigenvalue weighted by Gasteiger charge is -2.02. The Hall–Kier alpha value is -1.97. The number of nitrogen functional groups attached to an aromatic ring is 1. The summed E-state index contributed by atoms with van der Waals surface area (Å²) in [6, 6.07) is 7.43. The van der Waals surface area contributed by atoms with Crippen LogP contribution in [0.15, 0.2) is 29.3 Å². The number of nitrogens with two attached hydrogens (primary N) is 1. The van der Waals surface area contributed by atoms with E-state index in [1.54, 1.807) is 0 Å². The molecular weight excluding hydrogens is 238 g/mol. The molecule has 0 radical (unpaired) electrons. The van der Waals surface area contributed by atoms with Crippen LogP contribution >= 0.6 is 0 Å². The fraction of sp³-hybridized carbons (Fsp3) is 0.400. The van der Waals surface area contributed by atoms with Gasteiger partial charge in [-0.25, -0.2) is 0 Å². The topological polar surface area (TPSA) is 79.3 Å². The van der Waals surface area contributed by atoms with E-state index < -0.39 is 0 Å². The molecule has 0 saturated heterocycles. The van der Waals surface area contributed by atoms with Gasteiger partial charge in [0.1, 0.15) is 11.6 Å². The number of rotatable bonds is 7. The third-order valence-electron chi connectivity index (χ3n) is 2.78. The van der Waals surface area contributed by atoms with Gasteiger partial charge in [-0.2, -0.15) is 0 Å². The third-order valence-corrected chi connectivity index (χ3v) is 2.78. The molecule has 0 fully saturated rings. The van der Waals surface area contributed by atoms with Gasteiger partial charge in [0, 0.05) is 24.1 Å². The van der Waals surface area contributed by atoms with E-state index >= 15 is 0 Å². The lowest BCUT2D eigenvalue weighted by atomic mass is 10.1. The van der Waals surface area contributed by atoms with Gasteiger partial charge in [-0.05, 0) is 18.9 Å². The molecule has 1 aromatic rings. The molecule has 0 bridgehead atoms. The molecule has 0 heterocycles. The van der Waals surface area contributed by atoms with E-state index in [0.717, 1.165) is 17.7 Å². The van der Waals surface area contributed by atoms with Crippen LogP contribution < -0.4 is 5.73 Å². The number of ketones is 1. The van der Waals surface area contributed by atoms with Crippen LogP contribution in [-0.2, 0) is 11.3 Å². The first kappa shape index (κ1) is 15.1. The van der Waals surface area contributed by atoms with E-state index in [0.29, 0.717) is 24.9 Å². The summed E-state index contributed by atoms with van der Waals surface area (Å²) in [5.41, 5.74) is 8.02. The fourth-order valence-electron chi connectivity index (χ4n) is 1.72. The average Bonchev–Trinajstić information content (AvgIpc) is 2.37. The van der Waals surface area contributed by atoms with Gasteiger partial charge in [0.05, 0.1) is 6.54 Å². The van der Waals surface area contributed by atoms with E-state index in [-0.39, 0.29) is 11.6 Å². The molecule has 3 N–H and O–H groups in total. The highest BCUT2D eigenvalue weighted by atomic mass is 16.1. The molecule has 0 aliphatic heterocycles. The van der Waals surface area contributed by atoms with E-state index in [1.807, 2.05) is 38.1 Å². The molecule has 0 aliphatic carbocycles. The zero-order valence-corrected chi connectivity index (χ0v) is 11.6. The summed E-state index contributed by atoms with van der Waals surface area (Å²) in [4.78, 5) is 15.9. The molecule has 4 nitrogen and oxygen atoms in total. The number of hydrogen-bond acceptors (Lipinski definition) is 3. The van der Waals surface area contributed by atoms with Gasteiger partial charge in [0.15, 0.2) is 0 Å². The minimum Gasteiger partial charge on any atom is -0.384 e. The number of carbonyl (C=O) groups is 1. The fourth-order valence-corrected chi connectivity index (χ4v) is 1.72. The van der Waals surface area contributed by atoms with Crippen molar-refractivity contribution in [3.8, 4) is 0 Å². The van der Waals surface area contributed by atoms with Gasteiger partial charge in [0.25, 0.3) is 0 Å². The Morgan fingerprint density at radius 1 is 1.32 bits per heavy atom. The molecule has 0 spiro atoms. The maximum absolute atomic E-state index is 11.5. The molecule has 19 heavy (non-hydrogen) atoms. The highest BCUT2D eigenvalue weighted by molar-refractivity contribution is 6.00. The van der Waals surface area contributed by atoms with Crippen LogP contribution in [0.2, 0.25) is 0 Å². The van der Waals surface area contributed by atoms with Crippen molar-refractivity contribution in [1.29, 1.82) is 5.41 Å². The van der Waals surface area contributed by atoms with E-state index in [1.165, 1.54) is 0 Å². The number of Topliss-reactive ketones (excluding diaryl/α,β-unsaturated/α-hetero) is 1. The molecule has 102 valence electrons. The second-order valence-corrected chi connectivity index (χ2v) is 4.63. The van der Waals surface area contributed by atoms with Crippen molar-refractivity contribution in [2.75, 3.05) is 0 Å². The number of carbonyl (C=O) groups excluding carboxylic acids is 1. The molecule has 0 saturated carbocycles. The molecule has 1 rings (SSSR count). The Bertz CT molecular complexity index is 475. The average molecular weight is 259 g/mol. The Labute approximate surface area is 114 Å². The highest BCUT2D eigenvalue weighted by Crippen LogP contribution is 2.06. The predicted molar refractivity (Wildman–Crippen MR) is 78.8 cm³/mol. The molecule has 0 aliphatic rings. The monoisotopic (exact) mass is 259 g/mol. The van der Waals surface area contributed by atoms with Gasteiger partial charge in [-0.15, -0.1) is 0 Å². The normalized spacial score (nSPS) is 11.4. The summed E-state index contributed by atoms with van der Waals surface area (Å²) in [5.74, 6) is 0.312. The summed E-state index contributed by atoms with van der Waals surface area (Å²) in [5, 5.41) is 7.31. The molecule has 0 aromatic heterocycles. The SMILES string of the molecule is CCCC(=O)CC(C)=NCc1ccc(C(=N)N)cc1. The van der Waals surface area contributed by atoms with Crippen molar-refractivity contribution in [2.45, 2.75) is 39.7 Å². The number of hydrogen-bond donors (Lipinski definition) is 2. The van der Waals surface area contributed by atoms with Gasteiger partial charge >= 0.3 is 0 Å². The van der Waals surface area contributed by atoms with Crippen LogP contribution in [-0.4, -0.2) is 17.3 Å². The smallest absolute Gasteiger partial charge is 0.138 e. The van der Waals surface area contributed by atoms with Crippen molar-refractivity contribution in [1.82, 2.24) is 0 Å². The van der Waals surface area contributed by atoms with Crippen molar-refractivity contribution >= 4 is 17.3 Å². The molecule has 1 aromatic carbocycles. The summed E-state index contributed by atoms with van der Waals surface area (Å²) in [6.07, 6.45) is 1.96. The van der Waals surface area contributed by atoms with Gasteiger partial charge in [0.2, 0.25) is 0 Å². The first-order valence-corrected chi connectivity index (χ1v) is 6.48. The van der Waals surface area contributed by atoms with Gasteiger partial charge < -0.3 is 5.73 Å². The van der Waals surface area contributed by atoms with Crippen LogP contribution in [0.1, 0.15) is 44.2 Å². The molecule has 4 heteroatoms. The van der Waals surface area contributed by atoms with Crippen molar-refractivity contribution < 1.29 is 4.79 Å². The van der Waals surface area contributed by atoms with Crippen LogP contribution in [0, 0.1) is 5.41 Å². The van der Waals surface area contributed by atoms with E-state index in [9.17, 15) is 4.79 Å². The minimum absolute atomic E-state index is 0.0661. The predicted octanol–water partition coefficient (Wildman–Crippen LogP) is 2.69. The maximum Gasteiger partial charge on any atom is 0.138 e. The Kier molecular flexibility index (Phi) is 5.93. The summed E-state index contributed by atoms with van der Waals surface area (Å²) < 4.78 is 0. The molecule has 0 unspecified atom stereocenters. The zero-order valence-electron chi connectivity index (χ0n) is 11.6. The van der Waals surface area contributed by atoms with E-state index in [2.05, 4.69) is 4.99 Å².